The summed E-state index contributed by atoms with van der Waals surface area (Å²) in [5, 5.41) is 0. The normalized spacial score (nSPS) is 23.3. The van der Waals surface area contributed by atoms with E-state index in [-0.39, 0.29) is 69.8 Å². The smallest absolute Gasteiger partial charge is 0.448 e. The average molecular weight is 233 g/mol. The van der Waals surface area contributed by atoms with E-state index in [1.807, 2.05) is 0 Å². The Hall–Kier alpha value is 0.961. The van der Waals surface area contributed by atoms with Crippen LogP contribution in [0.15, 0.2) is 0 Å². The van der Waals surface area contributed by atoms with Crippen LogP contribution in [0.1, 0.15) is 19.8 Å². The first kappa shape index (κ1) is 15.0. The van der Waals surface area contributed by atoms with Gasteiger partial charge in [-0.25, -0.2) is 0 Å². The maximum Gasteiger partial charge on any atom is 1.00 e. The van der Waals surface area contributed by atoms with Crippen molar-refractivity contribution < 1.29 is 69.1 Å². The zero-order chi connectivity index (χ0) is 10.1. The molecule has 76 valence electrons. The summed E-state index contributed by atoms with van der Waals surface area (Å²) in [5.74, 6) is -0.600. The van der Waals surface area contributed by atoms with Gasteiger partial charge in [0.2, 0.25) is 5.91 Å². The first-order chi connectivity index (χ1) is 5.90. The molecule has 1 amide bonds. The molecule has 0 saturated carbocycles. The standard InChI is InChI=1S/C7H12BF3NO.K/c1-6-3-2-4-12(7(6)13)5-8(9,10)11;/h6H,2-5H2,1H3;/q-1;+1. The van der Waals surface area contributed by atoms with Crippen LogP contribution in [0.3, 0.4) is 0 Å². The summed E-state index contributed by atoms with van der Waals surface area (Å²) < 4.78 is 36.0. The number of amides is 1. The number of carbonyl (C=O) groups excluding carboxylic acids is 1. The van der Waals surface area contributed by atoms with Gasteiger partial charge in [-0.1, -0.05) is 6.92 Å². The van der Waals surface area contributed by atoms with Gasteiger partial charge < -0.3 is 17.8 Å². The van der Waals surface area contributed by atoms with Crippen LogP contribution in [0.5, 0.6) is 0 Å². The third-order valence-corrected chi connectivity index (χ3v) is 2.23. The molecule has 0 aromatic heterocycles. The number of carbonyl (C=O) groups is 1. The van der Waals surface area contributed by atoms with Gasteiger partial charge in [0.25, 0.3) is 0 Å². The van der Waals surface area contributed by atoms with Crippen molar-refractivity contribution >= 4 is 12.9 Å². The molecule has 0 aromatic rings. The fourth-order valence-electron chi connectivity index (χ4n) is 1.56. The van der Waals surface area contributed by atoms with Crippen LogP contribution in [0.25, 0.3) is 0 Å². The van der Waals surface area contributed by atoms with E-state index >= 15 is 0 Å². The molecule has 1 rings (SSSR count). The summed E-state index contributed by atoms with van der Waals surface area (Å²) in [6.07, 6.45) is 0.350. The molecule has 1 heterocycles. The fourth-order valence-corrected chi connectivity index (χ4v) is 1.56. The van der Waals surface area contributed by atoms with Crippen molar-refractivity contribution in [3.05, 3.63) is 0 Å². The summed E-state index contributed by atoms with van der Waals surface area (Å²) in [6.45, 7) is -2.94. The van der Waals surface area contributed by atoms with Crippen molar-refractivity contribution in [2.45, 2.75) is 19.8 Å². The van der Waals surface area contributed by atoms with E-state index in [9.17, 15) is 17.7 Å². The Bertz CT molecular complexity index is 212. The number of hydrogen-bond acceptors (Lipinski definition) is 1. The number of piperidine rings is 1. The molecule has 1 saturated heterocycles. The van der Waals surface area contributed by atoms with Crippen LogP contribution in [0.2, 0.25) is 0 Å². The van der Waals surface area contributed by atoms with Crippen LogP contribution in [0.4, 0.5) is 12.9 Å². The van der Waals surface area contributed by atoms with Crippen molar-refractivity contribution in [1.82, 2.24) is 4.90 Å². The molecule has 1 aliphatic heterocycles. The SMILES string of the molecule is CC1CCCN(C[B-](F)(F)F)C1=O.[K+]. The molecule has 0 spiro atoms. The van der Waals surface area contributed by atoms with Crippen LogP contribution >= 0.6 is 0 Å². The van der Waals surface area contributed by atoms with Gasteiger partial charge in [-0.2, -0.15) is 0 Å². The predicted molar refractivity (Wildman–Crippen MR) is 44.1 cm³/mol. The van der Waals surface area contributed by atoms with Gasteiger partial charge >= 0.3 is 58.4 Å². The first-order valence-corrected chi connectivity index (χ1v) is 4.40. The van der Waals surface area contributed by atoms with Gasteiger partial charge in [0.05, 0.1) is 0 Å². The monoisotopic (exact) mass is 233 g/mol. The molecule has 0 bridgehead atoms. The quantitative estimate of drug-likeness (QED) is 0.539. The molecule has 0 radical (unpaired) electrons. The number of rotatable bonds is 2. The second-order valence-corrected chi connectivity index (χ2v) is 3.54. The van der Waals surface area contributed by atoms with Gasteiger partial charge in [-0.3, -0.25) is 4.79 Å². The van der Waals surface area contributed by atoms with Gasteiger partial charge in [0.15, 0.2) is 0 Å². The maximum absolute atomic E-state index is 12.0. The summed E-state index contributed by atoms with van der Waals surface area (Å²) in [5.41, 5.74) is 0. The number of hydrogen-bond donors (Lipinski definition) is 0. The first-order valence-electron chi connectivity index (χ1n) is 4.40. The molecule has 1 unspecified atom stereocenters. The minimum atomic E-state index is -4.87. The Labute approximate surface area is 124 Å². The van der Waals surface area contributed by atoms with E-state index in [4.69, 9.17) is 0 Å². The van der Waals surface area contributed by atoms with Crippen LogP contribution in [-0.4, -0.2) is 30.8 Å². The molecule has 1 fully saturated rings. The molecular weight excluding hydrogens is 221 g/mol. The topological polar surface area (TPSA) is 20.3 Å². The molecule has 0 N–H and O–H groups in total. The van der Waals surface area contributed by atoms with Crippen molar-refractivity contribution in [2.75, 3.05) is 13.0 Å². The molecular formula is C7H12BF3KNO. The number of likely N-dealkylation sites (tertiary alicyclic amines) is 1. The molecule has 1 atom stereocenters. The summed E-state index contributed by atoms with van der Waals surface area (Å²) >= 11 is 0. The molecule has 1 aliphatic rings. The zero-order valence-corrected chi connectivity index (χ0v) is 11.6. The Morgan fingerprint density at radius 1 is 1.50 bits per heavy atom. The molecule has 14 heavy (non-hydrogen) atoms. The molecule has 2 nitrogen and oxygen atoms in total. The van der Waals surface area contributed by atoms with Crippen LogP contribution in [0, 0.1) is 5.92 Å². The fraction of sp³-hybridized carbons (Fsp3) is 0.857. The van der Waals surface area contributed by atoms with Gasteiger partial charge in [0.1, 0.15) is 0 Å². The van der Waals surface area contributed by atoms with Crippen molar-refractivity contribution in [3.8, 4) is 0 Å². The Balaban J connectivity index is 0.00000169. The van der Waals surface area contributed by atoms with Gasteiger partial charge in [0, 0.05) is 12.5 Å². The van der Waals surface area contributed by atoms with Crippen molar-refractivity contribution in [2.24, 2.45) is 5.92 Å². The number of halogens is 3. The van der Waals surface area contributed by atoms with E-state index in [0.717, 1.165) is 4.90 Å². The zero-order valence-electron chi connectivity index (χ0n) is 8.47. The predicted octanol–water partition coefficient (Wildman–Crippen LogP) is -1.36. The minimum absolute atomic E-state index is 0. The summed E-state index contributed by atoms with van der Waals surface area (Å²) in [6, 6.07) is 0. The van der Waals surface area contributed by atoms with E-state index in [1.54, 1.807) is 6.92 Å². The number of nitrogens with zero attached hydrogens (tertiary/aromatic N) is 1. The Kier molecular flexibility index (Phi) is 6.29. The molecule has 7 heteroatoms. The van der Waals surface area contributed by atoms with E-state index in [0.29, 0.717) is 12.8 Å². The van der Waals surface area contributed by atoms with Gasteiger partial charge in [-0.15, -0.1) is 0 Å². The third kappa shape index (κ3) is 4.65. The van der Waals surface area contributed by atoms with E-state index in [2.05, 4.69) is 0 Å². The average Bonchev–Trinajstić information content (AvgIpc) is 1.96. The van der Waals surface area contributed by atoms with Crippen LogP contribution < -0.4 is 51.4 Å². The second kappa shape index (κ2) is 5.89. The van der Waals surface area contributed by atoms with E-state index < -0.39 is 13.4 Å². The molecule has 0 aliphatic carbocycles. The van der Waals surface area contributed by atoms with Crippen molar-refractivity contribution in [1.29, 1.82) is 0 Å². The summed E-state index contributed by atoms with van der Waals surface area (Å²) in [4.78, 5) is 12.2. The van der Waals surface area contributed by atoms with E-state index in [1.165, 1.54) is 0 Å². The molecule has 0 aromatic carbocycles. The van der Waals surface area contributed by atoms with Crippen molar-refractivity contribution in [3.63, 3.8) is 0 Å². The Morgan fingerprint density at radius 2 is 2.07 bits per heavy atom. The second-order valence-electron chi connectivity index (χ2n) is 3.54. The third-order valence-electron chi connectivity index (χ3n) is 2.23. The van der Waals surface area contributed by atoms with Gasteiger partial charge in [-0.05, 0) is 19.3 Å². The minimum Gasteiger partial charge on any atom is -0.448 e. The maximum atomic E-state index is 12.0. The Morgan fingerprint density at radius 3 is 2.57 bits per heavy atom. The largest absolute Gasteiger partial charge is 1.00 e. The summed E-state index contributed by atoms with van der Waals surface area (Å²) in [7, 11) is 0. The van der Waals surface area contributed by atoms with Crippen LogP contribution in [-0.2, 0) is 4.79 Å².